The van der Waals surface area contributed by atoms with E-state index in [1.165, 1.54) is 54.8 Å². The zero-order valence-electron chi connectivity index (χ0n) is 33.2. The largest absolute Gasteiger partial charge is 0.455 e. The molecule has 0 aliphatic heterocycles. The van der Waals surface area contributed by atoms with Gasteiger partial charge < -0.3 is 13.9 Å². The van der Waals surface area contributed by atoms with E-state index in [0.717, 1.165) is 55.8 Å². The Labute approximate surface area is 353 Å². The third-order valence-electron chi connectivity index (χ3n) is 12.2. The highest BCUT2D eigenvalue weighted by atomic mass is 16.3. The summed E-state index contributed by atoms with van der Waals surface area (Å²) < 4.78 is 8.81. The van der Waals surface area contributed by atoms with Crippen molar-refractivity contribution in [1.82, 2.24) is 4.57 Å². The number of benzene rings is 10. The van der Waals surface area contributed by atoms with Crippen LogP contribution in [0.15, 0.2) is 235 Å². The molecular weight excluding hydrogens is 741 g/mol. The van der Waals surface area contributed by atoms with Crippen LogP contribution in [0.25, 0.3) is 93.6 Å². The van der Waals surface area contributed by atoms with E-state index in [2.05, 4.69) is 228 Å². The lowest BCUT2D eigenvalue weighted by Gasteiger charge is -2.26. The second kappa shape index (κ2) is 14.3. The van der Waals surface area contributed by atoms with Crippen LogP contribution in [0.4, 0.5) is 17.1 Å². The van der Waals surface area contributed by atoms with Gasteiger partial charge in [0.1, 0.15) is 11.2 Å². The lowest BCUT2D eigenvalue weighted by Crippen LogP contribution is -2.10. The van der Waals surface area contributed by atoms with Gasteiger partial charge in [-0.05, 0) is 105 Å². The lowest BCUT2D eigenvalue weighted by molar-refractivity contribution is 0.670. The smallest absolute Gasteiger partial charge is 0.143 e. The molecule has 12 rings (SSSR count). The molecule has 0 spiro atoms. The summed E-state index contributed by atoms with van der Waals surface area (Å²) in [4.78, 5) is 2.35. The molecule has 0 atom stereocenters. The molecule has 12 aromatic rings. The first-order valence-corrected chi connectivity index (χ1v) is 20.8. The molecule has 0 N–H and O–H groups in total. The minimum Gasteiger partial charge on any atom is -0.455 e. The Morgan fingerprint density at radius 1 is 0.328 bits per heavy atom. The minimum atomic E-state index is 0.903. The maximum Gasteiger partial charge on any atom is 0.143 e. The Morgan fingerprint density at radius 3 is 1.41 bits per heavy atom. The van der Waals surface area contributed by atoms with Crippen molar-refractivity contribution < 1.29 is 4.42 Å². The number of para-hydroxylation sites is 4. The summed E-state index contributed by atoms with van der Waals surface area (Å²) in [5.74, 6) is 0. The highest BCUT2D eigenvalue weighted by Gasteiger charge is 2.18. The summed E-state index contributed by atoms with van der Waals surface area (Å²) in [6.45, 7) is 0. The third kappa shape index (κ3) is 5.82. The molecule has 0 saturated carbocycles. The number of anilines is 3. The molecule has 0 aliphatic carbocycles. The van der Waals surface area contributed by atoms with E-state index in [0.29, 0.717) is 0 Å². The monoisotopic (exact) mass is 778 g/mol. The van der Waals surface area contributed by atoms with Crippen molar-refractivity contribution in [1.29, 1.82) is 0 Å². The van der Waals surface area contributed by atoms with Gasteiger partial charge in [-0.1, -0.05) is 164 Å². The van der Waals surface area contributed by atoms with Crippen LogP contribution in [0.5, 0.6) is 0 Å². The van der Waals surface area contributed by atoms with Crippen molar-refractivity contribution in [3.63, 3.8) is 0 Å². The average molecular weight is 779 g/mol. The number of rotatable bonds is 7. The number of aromatic nitrogens is 1. The van der Waals surface area contributed by atoms with Gasteiger partial charge >= 0.3 is 0 Å². The van der Waals surface area contributed by atoms with Gasteiger partial charge in [0.2, 0.25) is 0 Å². The second-order valence-corrected chi connectivity index (χ2v) is 15.7. The van der Waals surface area contributed by atoms with Crippen LogP contribution in [0.3, 0.4) is 0 Å². The van der Waals surface area contributed by atoms with Gasteiger partial charge in [0.25, 0.3) is 0 Å². The molecule has 3 nitrogen and oxygen atoms in total. The molecule has 2 heterocycles. The molecule has 0 radical (unpaired) electrons. The van der Waals surface area contributed by atoms with Crippen LogP contribution in [-0.2, 0) is 0 Å². The number of furan rings is 1. The first-order chi connectivity index (χ1) is 30.3. The van der Waals surface area contributed by atoms with E-state index in [1.807, 2.05) is 12.1 Å². The molecule has 0 saturated heterocycles. The van der Waals surface area contributed by atoms with Gasteiger partial charge in [0.05, 0.1) is 11.0 Å². The van der Waals surface area contributed by atoms with Crippen LogP contribution in [-0.4, -0.2) is 4.57 Å². The van der Waals surface area contributed by atoms with E-state index in [1.54, 1.807) is 0 Å². The average Bonchev–Trinajstić information content (AvgIpc) is 3.89. The predicted octanol–water partition coefficient (Wildman–Crippen LogP) is 16.3. The zero-order valence-corrected chi connectivity index (χ0v) is 33.2. The fourth-order valence-electron chi connectivity index (χ4n) is 9.39. The van der Waals surface area contributed by atoms with Crippen LogP contribution < -0.4 is 4.90 Å². The normalized spacial score (nSPS) is 11.6. The molecule has 0 bridgehead atoms. The Kier molecular flexibility index (Phi) is 8.17. The Balaban J connectivity index is 0.974. The van der Waals surface area contributed by atoms with E-state index in [-0.39, 0.29) is 0 Å². The first-order valence-electron chi connectivity index (χ1n) is 20.8. The van der Waals surface area contributed by atoms with E-state index in [9.17, 15) is 0 Å². The lowest BCUT2D eigenvalue weighted by atomic mass is 9.91. The topological polar surface area (TPSA) is 21.3 Å². The standard InChI is InChI=1S/C58H38N2O/c1-2-13-39(14-3-1)47-20-10-15-42-16-11-21-48(57(42)47)40-27-31-43(32-28-40)59(44-33-29-41(30-34-44)49-22-12-23-53-52-19-6-9-26-56(52)61-58(49)53)45-35-37-46(38-36-45)60-54-24-7-4-17-50(54)51-18-5-8-25-55(51)60/h1-38H. The summed E-state index contributed by atoms with van der Waals surface area (Å²) in [7, 11) is 0. The first kappa shape index (κ1) is 34.9. The molecule has 0 unspecified atom stereocenters. The van der Waals surface area contributed by atoms with E-state index in [4.69, 9.17) is 4.42 Å². The van der Waals surface area contributed by atoms with E-state index < -0.39 is 0 Å². The number of hydrogen-bond acceptors (Lipinski definition) is 2. The maximum absolute atomic E-state index is 6.44. The van der Waals surface area contributed by atoms with Crippen molar-refractivity contribution in [3.8, 4) is 39.1 Å². The minimum absolute atomic E-state index is 0.903. The summed E-state index contributed by atoms with van der Waals surface area (Å²) in [5.41, 5.74) is 15.6. The highest BCUT2D eigenvalue weighted by molar-refractivity contribution is 6.11. The Hall–Kier alpha value is -8.14. The SMILES string of the molecule is c1ccc(-c2cccc3cccc(-c4ccc(N(c5ccc(-c6cccc7c6oc6ccccc67)cc5)c5ccc(-n6c7ccccc7c7ccccc76)cc5)cc4)c23)cc1. The number of nitrogens with zero attached hydrogens (tertiary/aromatic N) is 2. The fourth-order valence-corrected chi connectivity index (χ4v) is 9.39. The fraction of sp³-hybridized carbons (Fsp3) is 0. The van der Waals surface area contributed by atoms with Crippen molar-refractivity contribution in [3.05, 3.63) is 231 Å². The third-order valence-corrected chi connectivity index (χ3v) is 12.2. The molecule has 10 aromatic carbocycles. The summed E-state index contributed by atoms with van der Waals surface area (Å²) >= 11 is 0. The molecule has 61 heavy (non-hydrogen) atoms. The van der Waals surface area contributed by atoms with Gasteiger partial charge in [-0.25, -0.2) is 0 Å². The van der Waals surface area contributed by atoms with Crippen molar-refractivity contribution >= 4 is 71.6 Å². The quantitative estimate of drug-likeness (QED) is 0.161. The second-order valence-electron chi connectivity index (χ2n) is 15.7. The van der Waals surface area contributed by atoms with Crippen molar-refractivity contribution in [2.24, 2.45) is 0 Å². The van der Waals surface area contributed by atoms with Crippen molar-refractivity contribution in [2.45, 2.75) is 0 Å². The zero-order chi connectivity index (χ0) is 40.3. The molecule has 0 fully saturated rings. The van der Waals surface area contributed by atoms with Gasteiger partial charge in [0, 0.05) is 49.9 Å². The van der Waals surface area contributed by atoms with Gasteiger partial charge in [-0.15, -0.1) is 0 Å². The Bertz CT molecular complexity index is 3500. The van der Waals surface area contributed by atoms with E-state index >= 15 is 0 Å². The molecular formula is C58H38N2O. The predicted molar refractivity (Wildman–Crippen MR) is 257 cm³/mol. The summed E-state index contributed by atoms with van der Waals surface area (Å²) in [5, 5.41) is 7.26. The number of hydrogen-bond donors (Lipinski definition) is 0. The summed E-state index contributed by atoms with van der Waals surface area (Å²) in [6.07, 6.45) is 0. The van der Waals surface area contributed by atoms with Crippen LogP contribution in [0.2, 0.25) is 0 Å². The maximum atomic E-state index is 6.44. The van der Waals surface area contributed by atoms with Crippen LogP contribution in [0, 0.1) is 0 Å². The molecule has 2 aromatic heterocycles. The molecule has 0 amide bonds. The summed E-state index contributed by atoms with van der Waals surface area (Å²) in [6, 6.07) is 82.8. The molecule has 286 valence electrons. The molecule has 0 aliphatic rings. The highest BCUT2D eigenvalue weighted by Crippen LogP contribution is 2.42. The Morgan fingerprint density at radius 2 is 0.787 bits per heavy atom. The van der Waals surface area contributed by atoms with Crippen LogP contribution >= 0.6 is 0 Å². The molecule has 3 heteroatoms. The van der Waals surface area contributed by atoms with Gasteiger partial charge in [0.15, 0.2) is 0 Å². The van der Waals surface area contributed by atoms with Crippen molar-refractivity contribution in [2.75, 3.05) is 4.90 Å². The number of fused-ring (bicyclic) bond motifs is 7. The van der Waals surface area contributed by atoms with Gasteiger partial charge in [-0.2, -0.15) is 0 Å². The van der Waals surface area contributed by atoms with Crippen LogP contribution in [0.1, 0.15) is 0 Å². The van der Waals surface area contributed by atoms with Gasteiger partial charge in [-0.3, -0.25) is 0 Å².